The predicted molar refractivity (Wildman–Crippen MR) is 82.8 cm³/mol. The van der Waals surface area contributed by atoms with Crippen molar-refractivity contribution in [2.24, 2.45) is 0 Å². The van der Waals surface area contributed by atoms with Gasteiger partial charge < -0.3 is 10.1 Å². The van der Waals surface area contributed by atoms with E-state index in [-0.39, 0.29) is 5.91 Å². The van der Waals surface area contributed by atoms with Gasteiger partial charge in [0.15, 0.2) is 0 Å². The molecule has 5 heteroatoms. The van der Waals surface area contributed by atoms with Crippen molar-refractivity contribution < 1.29 is 9.53 Å². The Kier molecular flexibility index (Phi) is 4.32. The molecule has 0 bridgehead atoms. The molecular formula is C17H19N3O2. The summed E-state index contributed by atoms with van der Waals surface area (Å²) < 4.78 is 5.36. The molecule has 0 radical (unpaired) electrons. The maximum atomic E-state index is 12.1. The second-order valence-corrected chi connectivity index (χ2v) is 5.35. The Hall–Kier alpha value is -2.43. The normalized spacial score (nSPS) is 13.7. The molecule has 1 N–H and O–H groups in total. The van der Waals surface area contributed by atoms with E-state index in [1.54, 1.807) is 30.6 Å². The fourth-order valence-electron chi connectivity index (χ4n) is 2.26. The highest BCUT2D eigenvalue weighted by atomic mass is 16.5. The first kappa shape index (κ1) is 14.5. The van der Waals surface area contributed by atoms with Gasteiger partial charge in [-0.15, -0.1) is 0 Å². The van der Waals surface area contributed by atoms with Gasteiger partial charge in [0.05, 0.1) is 18.8 Å². The van der Waals surface area contributed by atoms with Gasteiger partial charge in [-0.05, 0) is 50.1 Å². The van der Waals surface area contributed by atoms with Gasteiger partial charge in [-0.2, -0.15) is 0 Å². The highest BCUT2D eigenvalue weighted by Crippen LogP contribution is 2.38. The van der Waals surface area contributed by atoms with Crippen molar-refractivity contribution in [3.8, 4) is 5.75 Å². The number of rotatable bonds is 6. The number of hydrogen-bond acceptors (Lipinski definition) is 4. The Morgan fingerprint density at radius 2 is 2.05 bits per heavy atom. The van der Waals surface area contributed by atoms with Crippen LogP contribution in [-0.2, 0) is 6.54 Å². The van der Waals surface area contributed by atoms with Crippen molar-refractivity contribution in [1.82, 2.24) is 15.3 Å². The highest BCUT2D eigenvalue weighted by molar-refractivity contribution is 5.94. The Morgan fingerprint density at radius 3 is 2.73 bits per heavy atom. The fraction of sp³-hybridized carbons (Fsp3) is 0.353. The van der Waals surface area contributed by atoms with Crippen LogP contribution in [0, 0.1) is 0 Å². The van der Waals surface area contributed by atoms with Gasteiger partial charge in [-0.25, -0.2) is 9.97 Å². The van der Waals surface area contributed by atoms with E-state index in [1.165, 1.54) is 12.8 Å². The van der Waals surface area contributed by atoms with Crippen molar-refractivity contribution in [1.29, 1.82) is 0 Å². The number of carbonyl (C=O) groups is 1. The van der Waals surface area contributed by atoms with E-state index >= 15 is 0 Å². The van der Waals surface area contributed by atoms with Crippen LogP contribution in [0.5, 0.6) is 5.75 Å². The second kappa shape index (κ2) is 6.56. The maximum absolute atomic E-state index is 12.1. The molecule has 0 aliphatic heterocycles. The van der Waals surface area contributed by atoms with Gasteiger partial charge in [0.25, 0.3) is 5.91 Å². The Bertz CT molecular complexity index is 651. The summed E-state index contributed by atoms with van der Waals surface area (Å²) in [7, 11) is 0. The minimum Gasteiger partial charge on any atom is -0.494 e. The number of amides is 1. The summed E-state index contributed by atoms with van der Waals surface area (Å²) in [4.78, 5) is 20.6. The Labute approximate surface area is 129 Å². The van der Waals surface area contributed by atoms with Crippen LogP contribution in [0.25, 0.3) is 0 Å². The average Bonchev–Trinajstić information content (AvgIpc) is 3.39. The lowest BCUT2D eigenvalue weighted by atomic mass is 10.2. The first-order chi connectivity index (χ1) is 10.8. The van der Waals surface area contributed by atoms with Gasteiger partial charge >= 0.3 is 0 Å². The minimum atomic E-state index is -0.116. The van der Waals surface area contributed by atoms with Gasteiger partial charge in [-0.3, -0.25) is 4.79 Å². The summed E-state index contributed by atoms with van der Waals surface area (Å²) in [6.07, 6.45) is 3.98. The van der Waals surface area contributed by atoms with Gasteiger partial charge in [-0.1, -0.05) is 0 Å². The molecule has 1 aliphatic carbocycles. The summed E-state index contributed by atoms with van der Waals surface area (Å²) in [5, 5.41) is 2.88. The van der Waals surface area contributed by atoms with Crippen LogP contribution in [0.3, 0.4) is 0 Å². The number of benzene rings is 1. The molecule has 2 aromatic rings. The zero-order chi connectivity index (χ0) is 15.4. The molecule has 1 saturated carbocycles. The summed E-state index contributed by atoms with van der Waals surface area (Å²) in [5.41, 5.74) is 2.54. The van der Waals surface area contributed by atoms with E-state index in [0.717, 1.165) is 17.1 Å². The average molecular weight is 297 g/mol. The number of nitrogens with zero attached hydrogens (tertiary/aromatic N) is 2. The molecule has 0 saturated heterocycles. The van der Waals surface area contributed by atoms with Crippen LogP contribution in [0.1, 0.15) is 47.4 Å². The molecule has 1 aromatic carbocycles. The smallest absolute Gasteiger partial charge is 0.251 e. The maximum Gasteiger partial charge on any atom is 0.251 e. The third-order valence-corrected chi connectivity index (χ3v) is 3.60. The van der Waals surface area contributed by atoms with E-state index in [4.69, 9.17) is 4.74 Å². The molecule has 1 heterocycles. The van der Waals surface area contributed by atoms with Gasteiger partial charge in [0.2, 0.25) is 0 Å². The monoisotopic (exact) mass is 297 g/mol. The van der Waals surface area contributed by atoms with Crippen molar-refractivity contribution in [3.63, 3.8) is 0 Å². The third-order valence-electron chi connectivity index (χ3n) is 3.60. The quantitative estimate of drug-likeness (QED) is 0.890. The molecule has 1 aliphatic rings. The molecule has 0 spiro atoms. The SMILES string of the molecule is CCOc1ccc(C(=O)NCc2cc(C3CC3)ncn2)cc1. The molecule has 3 rings (SSSR count). The van der Waals surface area contributed by atoms with Crippen molar-refractivity contribution >= 4 is 5.91 Å². The largest absolute Gasteiger partial charge is 0.494 e. The third kappa shape index (κ3) is 3.61. The lowest BCUT2D eigenvalue weighted by Gasteiger charge is -2.07. The van der Waals surface area contributed by atoms with E-state index < -0.39 is 0 Å². The van der Waals surface area contributed by atoms with Crippen LogP contribution < -0.4 is 10.1 Å². The molecule has 0 atom stereocenters. The van der Waals surface area contributed by atoms with Crippen LogP contribution >= 0.6 is 0 Å². The number of hydrogen-bond donors (Lipinski definition) is 1. The van der Waals surface area contributed by atoms with E-state index in [1.807, 2.05) is 13.0 Å². The summed E-state index contributed by atoms with van der Waals surface area (Å²) in [5.74, 6) is 1.24. The number of nitrogens with one attached hydrogen (secondary N) is 1. The van der Waals surface area contributed by atoms with Crippen molar-refractivity contribution in [2.75, 3.05) is 6.61 Å². The van der Waals surface area contributed by atoms with Gasteiger partial charge in [0, 0.05) is 17.2 Å². The highest BCUT2D eigenvalue weighted by Gasteiger charge is 2.25. The first-order valence-corrected chi connectivity index (χ1v) is 7.58. The molecule has 22 heavy (non-hydrogen) atoms. The Balaban J connectivity index is 1.58. The van der Waals surface area contributed by atoms with Crippen LogP contribution in [0.2, 0.25) is 0 Å². The molecule has 114 valence electrons. The molecular weight excluding hydrogens is 278 g/mol. The summed E-state index contributed by atoms with van der Waals surface area (Å²) >= 11 is 0. The first-order valence-electron chi connectivity index (χ1n) is 7.58. The molecule has 5 nitrogen and oxygen atoms in total. The zero-order valence-electron chi connectivity index (χ0n) is 12.6. The Morgan fingerprint density at radius 1 is 1.27 bits per heavy atom. The fourth-order valence-corrected chi connectivity index (χ4v) is 2.26. The molecule has 1 fully saturated rings. The minimum absolute atomic E-state index is 0.116. The molecule has 1 aromatic heterocycles. The zero-order valence-corrected chi connectivity index (χ0v) is 12.6. The van der Waals surface area contributed by atoms with E-state index in [9.17, 15) is 4.79 Å². The number of carbonyl (C=O) groups excluding carboxylic acids is 1. The van der Waals surface area contributed by atoms with E-state index in [0.29, 0.717) is 24.6 Å². The summed E-state index contributed by atoms with van der Waals surface area (Å²) in [6, 6.07) is 9.10. The van der Waals surface area contributed by atoms with Crippen LogP contribution in [-0.4, -0.2) is 22.5 Å². The van der Waals surface area contributed by atoms with Gasteiger partial charge in [0.1, 0.15) is 12.1 Å². The molecule has 0 unspecified atom stereocenters. The molecule has 1 amide bonds. The summed E-state index contributed by atoms with van der Waals surface area (Å²) in [6.45, 7) is 2.95. The second-order valence-electron chi connectivity index (χ2n) is 5.35. The van der Waals surface area contributed by atoms with E-state index in [2.05, 4.69) is 15.3 Å². The van der Waals surface area contributed by atoms with Crippen molar-refractivity contribution in [2.45, 2.75) is 32.2 Å². The van der Waals surface area contributed by atoms with Crippen molar-refractivity contribution in [3.05, 3.63) is 53.6 Å². The lowest BCUT2D eigenvalue weighted by Crippen LogP contribution is -2.23. The predicted octanol–water partition coefficient (Wildman–Crippen LogP) is 2.68. The number of aromatic nitrogens is 2. The standard InChI is InChI=1S/C17H19N3O2/c1-2-22-15-7-5-13(6-8-15)17(21)18-10-14-9-16(12-3-4-12)20-11-19-14/h5-9,11-12H,2-4,10H2,1H3,(H,18,21). The number of ether oxygens (including phenoxy) is 1. The van der Waals surface area contributed by atoms with Crippen LogP contribution in [0.4, 0.5) is 0 Å². The topological polar surface area (TPSA) is 64.1 Å². The van der Waals surface area contributed by atoms with Crippen LogP contribution in [0.15, 0.2) is 36.7 Å². The lowest BCUT2D eigenvalue weighted by molar-refractivity contribution is 0.0950.